The van der Waals surface area contributed by atoms with Gasteiger partial charge in [0.2, 0.25) is 0 Å². The number of H-pyrrole nitrogens is 1. The Morgan fingerprint density at radius 2 is 2.09 bits per heavy atom. The van der Waals surface area contributed by atoms with Gasteiger partial charge in [0.15, 0.2) is 0 Å². The van der Waals surface area contributed by atoms with Gasteiger partial charge in [-0.3, -0.25) is 9.69 Å². The molecule has 0 radical (unpaired) electrons. The fourth-order valence-corrected chi connectivity index (χ4v) is 4.06. The van der Waals surface area contributed by atoms with Crippen LogP contribution in [-0.4, -0.2) is 41.3 Å². The summed E-state index contributed by atoms with van der Waals surface area (Å²) in [4.78, 5) is 19.4. The molecule has 0 amide bonds. The van der Waals surface area contributed by atoms with E-state index in [1.807, 2.05) is 0 Å². The molecule has 0 saturated carbocycles. The quantitative estimate of drug-likeness (QED) is 0.761. The zero-order valence-corrected chi connectivity index (χ0v) is 12.8. The van der Waals surface area contributed by atoms with Crippen molar-refractivity contribution in [1.82, 2.24) is 9.88 Å². The van der Waals surface area contributed by atoms with Crippen LogP contribution in [0.4, 0.5) is 0 Å². The molecule has 0 aliphatic carbocycles. The SMILES string of the molecule is O=c1[nH]c2sc(CN3CCOCC3)cc2c2c(O)cccc12. The molecule has 5 nitrogen and oxygen atoms in total. The summed E-state index contributed by atoms with van der Waals surface area (Å²) in [5.74, 6) is 0.157. The van der Waals surface area contributed by atoms with E-state index in [1.54, 1.807) is 29.5 Å². The molecule has 1 aliphatic heterocycles. The second kappa shape index (κ2) is 5.39. The second-order valence-corrected chi connectivity index (χ2v) is 6.63. The number of aromatic nitrogens is 1. The number of aromatic hydroxyl groups is 1. The number of aromatic amines is 1. The zero-order valence-electron chi connectivity index (χ0n) is 12.0. The molecule has 4 rings (SSSR count). The number of nitrogens with one attached hydrogen (secondary N) is 1. The Bertz CT molecular complexity index is 893. The minimum absolute atomic E-state index is 0.154. The minimum atomic E-state index is -0.154. The average molecular weight is 316 g/mol. The Morgan fingerprint density at radius 3 is 2.91 bits per heavy atom. The predicted octanol–water partition coefficient (Wildman–Crippen LogP) is 2.28. The fraction of sp³-hybridized carbons (Fsp3) is 0.312. The van der Waals surface area contributed by atoms with Gasteiger partial charge in [0.25, 0.3) is 5.56 Å². The molecule has 1 aromatic carbocycles. The van der Waals surface area contributed by atoms with Crippen LogP contribution in [0.3, 0.4) is 0 Å². The highest BCUT2D eigenvalue weighted by atomic mass is 32.1. The first-order valence-electron chi connectivity index (χ1n) is 7.29. The number of thiophene rings is 1. The van der Waals surface area contributed by atoms with Gasteiger partial charge >= 0.3 is 0 Å². The first-order chi connectivity index (χ1) is 10.7. The molecule has 0 bridgehead atoms. The summed E-state index contributed by atoms with van der Waals surface area (Å²) in [6.45, 7) is 4.24. The summed E-state index contributed by atoms with van der Waals surface area (Å²) in [6, 6.07) is 7.14. The molecular formula is C16H16N2O3S. The van der Waals surface area contributed by atoms with E-state index in [9.17, 15) is 9.90 Å². The van der Waals surface area contributed by atoms with Gasteiger partial charge in [-0.05, 0) is 18.2 Å². The van der Waals surface area contributed by atoms with E-state index in [0.29, 0.717) is 10.8 Å². The lowest BCUT2D eigenvalue weighted by Crippen LogP contribution is -2.35. The van der Waals surface area contributed by atoms with Crippen molar-refractivity contribution in [1.29, 1.82) is 0 Å². The normalized spacial score (nSPS) is 16.5. The van der Waals surface area contributed by atoms with Crippen molar-refractivity contribution in [3.05, 3.63) is 39.5 Å². The molecule has 0 atom stereocenters. The van der Waals surface area contributed by atoms with E-state index in [-0.39, 0.29) is 11.3 Å². The highest BCUT2D eigenvalue weighted by Crippen LogP contribution is 2.34. The van der Waals surface area contributed by atoms with Crippen LogP contribution in [0, 0.1) is 0 Å². The van der Waals surface area contributed by atoms with Crippen LogP contribution < -0.4 is 5.56 Å². The molecule has 2 N–H and O–H groups in total. The first-order valence-corrected chi connectivity index (χ1v) is 8.10. The number of hydrogen-bond donors (Lipinski definition) is 2. The zero-order chi connectivity index (χ0) is 15.1. The number of rotatable bonds is 2. The number of pyridine rings is 1. The number of ether oxygens (including phenoxy) is 1. The molecule has 0 spiro atoms. The Kier molecular flexibility index (Phi) is 3.37. The second-order valence-electron chi connectivity index (χ2n) is 5.50. The van der Waals surface area contributed by atoms with Crippen LogP contribution in [-0.2, 0) is 11.3 Å². The molecule has 2 aromatic heterocycles. The third-order valence-electron chi connectivity index (χ3n) is 4.05. The smallest absolute Gasteiger partial charge is 0.257 e. The summed E-state index contributed by atoms with van der Waals surface area (Å²) in [5, 5.41) is 12.2. The molecule has 1 saturated heterocycles. The summed E-state index contributed by atoms with van der Waals surface area (Å²) in [5.41, 5.74) is -0.154. The summed E-state index contributed by atoms with van der Waals surface area (Å²) in [7, 11) is 0. The van der Waals surface area contributed by atoms with Gasteiger partial charge in [-0.25, -0.2) is 0 Å². The lowest BCUT2D eigenvalue weighted by Gasteiger charge is -2.25. The van der Waals surface area contributed by atoms with Crippen molar-refractivity contribution in [3.8, 4) is 5.75 Å². The molecule has 22 heavy (non-hydrogen) atoms. The Hall–Kier alpha value is -1.89. The van der Waals surface area contributed by atoms with E-state index in [1.165, 1.54) is 4.88 Å². The summed E-state index contributed by atoms with van der Waals surface area (Å²) < 4.78 is 5.37. The maximum atomic E-state index is 12.2. The fourth-order valence-electron chi connectivity index (χ4n) is 2.96. The number of morpholine rings is 1. The predicted molar refractivity (Wildman–Crippen MR) is 87.7 cm³/mol. The first kappa shape index (κ1) is 13.8. The third kappa shape index (κ3) is 2.29. The minimum Gasteiger partial charge on any atom is -0.507 e. The van der Waals surface area contributed by atoms with Crippen molar-refractivity contribution in [3.63, 3.8) is 0 Å². The van der Waals surface area contributed by atoms with Crippen LogP contribution in [0.5, 0.6) is 5.75 Å². The highest BCUT2D eigenvalue weighted by molar-refractivity contribution is 7.18. The van der Waals surface area contributed by atoms with Gasteiger partial charge in [-0.2, -0.15) is 0 Å². The topological polar surface area (TPSA) is 65.6 Å². The van der Waals surface area contributed by atoms with Crippen molar-refractivity contribution in [2.75, 3.05) is 26.3 Å². The van der Waals surface area contributed by atoms with Crippen LogP contribution >= 0.6 is 11.3 Å². The van der Waals surface area contributed by atoms with Gasteiger partial charge < -0.3 is 14.8 Å². The number of phenolic OH excluding ortho intramolecular Hbond substituents is 1. The van der Waals surface area contributed by atoms with Gasteiger partial charge in [-0.15, -0.1) is 11.3 Å². The highest BCUT2D eigenvalue weighted by Gasteiger charge is 2.15. The lowest BCUT2D eigenvalue weighted by atomic mass is 10.1. The van der Waals surface area contributed by atoms with E-state index < -0.39 is 0 Å². The molecule has 6 heteroatoms. The number of phenols is 1. The van der Waals surface area contributed by atoms with E-state index in [2.05, 4.69) is 16.0 Å². The van der Waals surface area contributed by atoms with Gasteiger partial charge in [0.05, 0.1) is 18.6 Å². The molecule has 3 heterocycles. The monoisotopic (exact) mass is 316 g/mol. The van der Waals surface area contributed by atoms with Crippen LogP contribution in [0.1, 0.15) is 4.88 Å². The van der Waals surface area contributed by atoms with Crippen molar-refractivity contribution in [2.45, 2.75) is 6.54 Å². The number of nitrogens with zero attached hydrogens (tertiary/aromatic N) is 1. The molecule has 114 valence electrons. The number of benzene rings is 1. The molecular weight excluding hydrogens is 300 g/mol. The number of fused-ring (bicyclic) bond motifs is 3. The average Bonchev–Trinajstić information content (AvgIpc) is 2.90. The van der Waals surface area contributed by atoms with Gasteiger partial charge in [-0.1, -0.05) is 6.07 Å². The molecule has 3 aromatic rings. The van der Waals surface area contributed by atoms with Crippen LogP contribution in [0.2, 0.25) is 0 Å². The molecule has 1 fully saturated rings. The summed E-state index contributed by atoms with van der Waals surface area (Å²) in [6.07, 6.45) is 0. The Labute approximate surface area is 130 Å². The van der Waals surface area contributed by atoms with Gasteiger partial charge in [0.1, 0.15) is 10.6 Å². The maximum absolute atomic E-state index is 12.2. The largest absolute Gasteiger partial charge is 0.507 e. The van der Waals surface area contributed by atoms with Crippen molar-refractivity contribution in [2.24, 2.45) is 0 Å². The van der Waals surface area contributed by atoms with E-state index in [4.69, 9.17) is 4.74 Å². The standard InChI is InChI=1S/C16H16N2O3S/c19-13-3-1-2-11-14(13)12-8-10(22-16(12)17-15(11)20)9-18-4-6-21-7-5-18/h1-3,8,19H,4-7,9H2,(H,17,20). The Balaban J connectivity index is 1.83. The van der Waals surface area contributed by atoms with Gasteiger partial charge in [0, 0.05) is 35.3 Å². The molecule has 0 unspecified atom stereocenters. The number of hydrogen-bond acceptors (Lipinski definition) is 5. The van der Waals surface area contributed by atoms with E-state index in [0.717, 1.165) is 43.1 Å². The third-order valence-corrected chi connectivity index (χ3v) is 5.08. The van der Waals surface area contributed by atoms with Crippen molar-refractivity contribution >= 4 is 32.3 Å². The maximum Gasteiger partial charge on any atom is 0.257 e. The lowest BCUT2D eigenvalue weighted by molar-refractivity contribution is 0.0346. The van der Waals surface area contributed by atoms with Crippen LogP contribution in [0.25, 0.3) is 21.0 Å². The Morgan fingerprint density at radius 1 is 1.27 bits per heavy atom. The van der Waals surface area contributed by atoms with E-state index >= 15 is 0 Å². The summed E-state index contributed by atoms with van der Waals surface area (Å²) >= 11 is 1.58. The molecule has 1 aliphatic rings. The van der Waals surface area contributed by atoms with Crippen molar-refractivity contribution < 1.29 is 9.84 Å². The van der Waals surface area contributed by atoms with Crippen LogP contribution in [0.15, 0.2) is 29.1 Å².